The third-order valence-electron chi connectivity index (χ3n) is 3.79. The zero-order valence-electron chi connectivity index (χ0n) is 11.7. The van der Waals surface area contributed by atoms with Gasteiger partial charge in [0, 0.05) is 0 Å². The van der Waals surface area contributed by atoms with Gasteiger partial charge in [0.1, 0.15) is 11.5 Å². The molecule has 1 aromatic rings. The molecule has 0 amide bonds. The molecule has 0 aliphatic heterocycles. The monoisotopic (exact) mass is 265 g/mol. The number of ether oxygens (including phenoxy) is 1. The zero-order chi connectivity index (χ0) is 13.9. The van der Waals surface area contributed by atoms with Gasteiger partial charge in [-0.3, -0.25) is 0 Å². The van der Waals surface area contributed by atoms with E-state index >= 15 is 0 Å². The van der Waals surface area contributed by atoms with Gasteiger partial charge in [-0.25, -0.2) is 9.78 Å². The first-order chi connectivity index (χ1) is 9.05. The number of nitrogens with one attached hydrogen (secondary N) is 1. The van der Waals surface area contributed by atoms with E-state index in [1.807, 2.05) is 0 Å². The highest BCUT2D eigenvalue weighted by Crippen LogP contribution is 2.36. The number of rotatable bonds is 6. The number of hydrogen-bond donors (Lipinski definition) is 2. The van der Waals surface area contributed by atoms with E-state index in [1.54, 1.807) is 0 Å². The van der Waals surface area contributed by atoms with E-state index in [9.17, 15) is 4.79 Å². The highest BCUT2D eigenvalue weighted by Gasteiger charge is 2.37. The largest absolute Gasteiger partial charge is 0.461 e. The summed E-state index contributed by atoms with van der Waals surface area (Å²) in [5.41, 5.74) is 6.18. The van der Waals surface area contributed by atoms with Gasteiger partial charge in [0.2, 0.25) is 0 Å². The zero-order valence-corrected chi connectivity index (χ0v) is 11.7. The van der Waals surface area contributed by atoms with Crippen LogP contribution in [0.15, 0.2) is 6.20 Å². The smallest absolute Gasteiger partial charge is 0.356 e. The summed E-state index contributed by atoms with van der Waals surface area (Å²) in [6.45, 7) is 4.66. The van der Waals surface area contributed by atoms with Crippen molar-refractivity contribution in [2.75, 3.05) is 6.61 Å². The van der Waals surface area contributed by atoms with Gasteiger partial charge in [0.25, 0.3) is 0 Å². The number of nitrogens with two attached hydrogens (primary N) is 1. The van der Waals surface area contributed by atoms with Crippen LogP contribution in [-0.2, 0) is 10.3 Å². The summed E-state index contributed by atoms with van der Waals surface area (Å²) in [5, 5.41) is 0. The molecule has 0 aromatic carbocycles. The molecule has 19 heavy (non-hydrogen) atoms. The molecule has 1 unspecified atom stereocenters. The van der Waals surface area contributed by atoms with Crippen molar-refractivity contribution in [3.8, 4) is 0 Å². The fourth-order valence-electron chi connectivity index (χ4n) is 2.34. The fraction of sp³-hybridized carbons (Fsp3) is 0.714. The normalized spacial score (nSPS) is 18.7. The first kappa shape index (κ1) is 14.1. The maximum atomic E-state index is 11.9. The van der Waals surface area contributed by atoms with Crippen LogP contribution in [0.1, 0.15) is 62.3 Å². The summed E-state index contributed by atoms with van der Waals surface area (Å²) in [4.78, 5) is 19.1. The van der Waals surface area contributed by atoms with Crippen molar-refractivity contribution < 1.29 is 9.53 Å². The second-order valence-electron chi connectivity index (χ2n) is 5.65. The number of carbonyl (C=O) groups excluding carboxylic acids is 1. The summed E-state index contributed by atoms with van der Waals surface area (Å²) in [6.07, 6.45) is 6.64. The Hall–Kier alpha value is -1.36. The second kappa shape index (κ2) is 5.74. The number of nitrogens with zero attached hydrogens (tertiary/aromatic N) is 1. The average molecular weight is 265 g/mol. The third-order valence-corrected chi connectivity index (χ3v) is 3.79. The van der Waals surface area contributed by atoms with E-state index < -0.39 is 0 Å². The summed E-state index contributed by atoms with van der Waals surface area (Å²) < 4.78 is 5.27. The number of H-pyrrole nitrogens is 1. The van der Waals surface area contributed by atoms with Crippen LogP contribution in [0.25, 0.3) is 0 Å². The van der Waals surface area contributed by atoms with Gasteiger partial charge in [0.05, 0.1) is 18.3 Å². The van der Waals surface area contributed by atoms with E-state index in [0.717, 1.165) is 32.1 Å². The molecule has 0 radical (unpaired) electrons. The summed E-state index contributed by atoms with van der Waals surface area (Å²) in [6, 6.07) is 0. The lowest BCUT2D eigenvalue weighted by Crippen LogP contribution is -2.44. The van der Waals surface area contributed by atoms with Gasteiger partial charge in [-0.15, -0.1) is 0 Å². The highest BCUT2D eigenvalue weighted by molar-refractivity contribution is 5.87. The molecule has 1 aliphatic rings. The lowest BCUT2D eigenvalue weighted by atomic mass is 9.77. The number of imidazole rings is 1. The molecule has 3 N–H and O–H groups in total. The molecule has 1 saturated carbocycles. The van der Waals surface area contributed by atoms with Crippen LogP contribution in [0.2, 0.25) is 0 Å². The molecule has 1 heterocycles. The van der Waals surface area contributed by atoms with Crippen LogP contribution in [0.3, 0.4) is 0 Å². The van der Waals surface area contributed by atoms with Crippen molar-refractivity contribution in [3.63, 3.8) is 0 Å². The fourth-order valence-corrected chi connectivity index (χ4v) is 2.34. The molecule has 0 spiro atoms. The molecule has 0 saturated heterocycles. The van der Waals surface area contributed by atoms with Crippen LogP contribution in [0.5, 0.6) is 0 Å². The predicted octanol–water partition coefficient (Wildman–Crippen LogP) is 2.34. The molecular formula is C14H23N3O2. The van der Waals surface area contributed by atoms with Crippen molar-refractivity contribution in [1.29, 1.82) is 0 Å². The van der Waals surface area contributed by atoms with E-state index in [-0.39, 0.29) is 11.5 Å². The number of hydrogen-bond acceptors (Lipinski definition) is 4. The Morgan fingerprint density at radius 3 is 2.95 bits per heavy atom. The van der Waals surface area contributed by atoms with Crippen molar-refractivity contribution in [2.45, 2.75) is 51.5 Å². The van der Waals surface area contributed by atoms with Crippen LogP contribution < -0.4 is 5.73 Å². The number of carbonyl (C=O) groups is 1. The highest BCUT2D eigenvalue weighted by atomic mass is 16.5. The van der Waals surface area contributed by atoms with Crippen molar-refractivity contribution >= 4 is 5.97 Å². The lowest BCUT2D eigenvalue weighted by Gasteiger charge is -2.35. The Kier molecular flexibility index (Phi) is 4.24. The van der Waals surface area contributed by atoms with E-state index in [1.165, 1.54) is 6.20 Å². The minimum absolute atomic E-state index is 0.343. The van der Waals surface area contributed by atoms with Crippen LogP contribution in [-0.4, -0.2) is 22.5 Å². The summed E-state index contributed by atoms with van der Waals surface area (Å²) in [5.74, 6) is 0.751. The van der Waals surface area contributed by atoms with Gasteiger partial charge >= 0.3 is 5.97 Å². The Bertz CT molecular complexity index is 438. The van der Waals surface area contributed by atoms with Crippen molar-refractivity contribution in [3.05, 3.63) is 17.7 Å². The molecule has 5 heteroatoms. The average Bonchev–Trinajstić information content (AvgIpc) is 2.83. The quantitative estimate of drug-likeness (QED) is 0.773. The van der Waals surface area contributed by atoms with Crippen molar-refractivity contribution in [2.24, 2.45) is 11.7 Å². The minimum atomic E-state index is -0.367. The molecule has 5 nitrogen and oxygen atoms in total. The first-order valence-corrected chi connectivity index (χ1v) is 7.06. The SMILES string of the molecule is CCCC(C)COC(=O)c1cnc(C2(N)CCC2)[nH]1. The molecule has 1 aliphatic carbocycles. The van der Waals surface area contributed by atoms with E-state index in [0.29, 0.717) is 24.0 Å². The molecular weight excluding hydrogens is 242 g/mol. The minimum Gasteiger partial charge on any atom is -0.461 e. The van der Waals surface area contributed by atoms with Gasteiger partial charge in [-0.2, -0.15) is 0 Å². The first-order valence-electron chi connectivity index (χ1n) is 7.06. The number of aromatic nitrogens is 2. The van der Waals surface area contributed by atoms with Crippen LogP contribution in [0, 0.1) is 5.92 Å². The van der Waals surface area contributed by atoms with Crippen LogP contribution in [0.4, 0.5) is 0 Å². The van der Waals surface area contributed by atoms with Crippen molar-refractivity contribution in [1.82, 2.24) is 9.97 Å². The molecule has 1 aromatic heterocycles. The number of aromatic amines is 1. The molecule has 1 fully saturated rings. The third kappa shape index (κ3) is 3.15. The Labute approximate surface area is 113 Å². The standard InChI is InChI=1S/C14H23N3O2/c1-3-5-10(2)9-19-12(18)11-8-16-13(17-11)14(15)6-4-7-14/h8,10H,3-7,9,15H2,1-2H3,(H,16,17). The van der Waals surface area contributed by atoms with Gasteiger partial charge in [-0.05, 0) is 31.6 Å². The van der Waals surface area contributed by atoms with Gasteiger partial charge in [0.15, 0.2) is 0 Å². The molecule has 106 valence electrons. The van der Waals surface area contributed by atoms with E-state index in [4.69, 9.17) is 10.5 Å². The number of esters is 1. The summed E-state index contributed by atoms with van der Waals surface area (Å²) >= 11 is 0. The van der Waals surface area contributed by atoms with E-state index in [2.05, 4.69) is 23.8 Å². The second-order valence-corrected chi connectivity index (χ2v) is 5.65. The summed E-state index contributed by atoms with van der Waals surface area (Å²) in [7, 11) is 0. The molecule has 2 rings (SSSR count). The Morgan fingerprint density at radius 1 is 1.63 bits per heavy atom. The Balaban J connectivity index is 1.89. The lowest BCUT2D eigenvalue weighted by molar-refractivity contribution is 0.0437. The molecule has 0 bridgehead atoms. The predicted molar refractivity (Wildman–Crippen MR) is 72.7 cm³/mol. The maximum Gasteiger partial charge on any atom is 0.356 e. The van der Waals surface area contributed by atoms with Crippen LogP contribution >= 0.6 is 0 Å². The van der Waals surface area contributed by atoms with Gasteiger partial charge < -0.3 is 15.5 Å². The molecule has 1 atom stereocenters. The topological polar surface area (TPSA) is 81.0 Å². The van der Waals surface area contributed by atoms with Gasteiger partial charge in [-0.1, -0.05) is 20.3 Å². The Morgan fingerprint density at radius 2 is 2.37 bits per heavy atom. The maximum absolute atomic E-state index is 11.9.